The fourth-order valence-electron chi connectivity index (χ4n) is 0.554. The van der Waals surface area contributed by atoms with Gasteiger partial charge in [0, 0.05) is 11.5 Å². The van der Waals surface area contributed by atoms with E-state index in [0.29, 0.717) is 8.90 Å². The first-order valence-electron chi connectivity index (χ1n) is 2.60. The minimum absolute atomic E-state index is 0.204. The lowest BCUT2D eigenvalue weighted by Gasteiger charge is -1.97. The molecule has 1 aromatic rings. The molecular weight excluding hydrogens is 312 g/mol. The zero-order chi connectivity index (χ0) is 7.56. The minimum Gasteiger partial charge on any atom is -0.259 e. The van der Waals surface area contributed by atoms with Gasteiger partial charge in [0.1, 0.15) is 5.82 Å². The van der Waals surface area contributed by atoms with Gasteiger partial charge in [0.25, 0.3) is 0 Å². The summed E-state index contributed by atoms with van der Waals surface area (Å²) < 4.78 is 13.3. The average molecular weight is 316 g/mol. The second-order valence-electron chi connectivity index (χ2n) is 1.69. The van der Waals surface area contributed by atoms with Crippen LogP contribution in [0.4, 0.5) is 4.39 Å². The van der Waals surface area contributed by atoms with Crippen molar-refractivity contribution >= 4 is 38.5 Å². The molecule has 1 rings (SSSR count). The Morgan fingerprint density at radius 2 is 2.40 bits per heavy atom. The van der Waals surface area contributed by atoms with E-state index in [4.69, 9.17) is 0 Å². The number of nitrogens with zero attached hydrogens (tertiary/aromatic N) is 1. The van der Waals surface area contributed by atoms with E-state index < -0.39 is 0 Å². The third-order valence-electron chi connectivity index (χ3n) is 1.04. The first-order valence-corrected chi connectivity index (χ1v) is 4.80. The molecule has 0 fully saturated rings. The number of halogens is 3. The minimum atomic E-state index is -0.204. The van der Waals surface area contributed by atoms with Crippen LogP contribution in [0.2, 0.25) is 0 Å². The van der Waals surface area contributed by atoms with Crippen molar-refractivity contribution in [1.82, 2.24) is 4.98 Å². The van der Waals surface area contributed by atoms with Gasteiger partial charge in [-0.05, 0) is 28.7 Å². The van der Waals surface area contributed by atoms with Gasteiger partial charge >= 0.3 is 0 Å². The molecule has 0 spiro atoms. The van der Waals surface area contributed by atoms with Crippen LogP contribution in [0.15, 0.2) is 12.3 Å². The molecule has 0 saturated carbocycles. The van der Waals surface area contributed by atoms with Crippen molar-refractivity contribution in [2.75, 3.05) is 0 Å². The summed E-state index contributed by atoms with van der Waals surface area (Å²) in [7, 11) is 0. The van der Waals surface area contributed by atoms with Gasteiger partial charge in [-0.25, -0.2) is 4.39 Å². The predicted molar refractivity (Wildman–Crippen MR) is 49.5 cm³/mol. The largest absolute Gasteiger partial charge is 0.259 e. The van der Waals surface area contributed by atoms with Gasteiger partial charge in [-0.1, -0.05) is 15.9 Å². The van der Waals surface area contributed by atoms with Gasteiger partial charge in [0.05, 0.1) is 9.26 Å². The molecule has 1 nitrogen and oxygen atoms in total. The SMILES string of the molecule is Fc1ccnc(CBr)c1I. The highest BCUT2D eigenvalue weighted by molar-refractivity contribution is 14.1. The number of aromatic nitrogens is 1. The Morgan fingerprint density at radius 1 is 1.70 bits per heavy atom. The van der Waals surface area contributed by atoms with Gasteiger partial charge < -0.3 is 0 Å². The molecule has 1 heterocycles. The Bertz CT molecular complexity index is 241. The van der Waals surface area contributed by atoms with Crippen molar-refractivity contribution in [1.29, 1.82) is 0 Å². The van der Waals surface area contributed by atoms with Crippen molar-refractivity contribution in [2.24, 2.45) is 0 Å². The molecule has 0 radical (unpaired) electrons. The summed E-state index contributed by atoms with van der Waals surface area (Å²) in [5.74, 6) is -0.204. The fraction of sp³-hybridized carbons (Fsp3) is 0.167. The van der Waals surface area contributed by atoms with E-state index in [-0.39, 0.29) is 5.82 Å². The lowest BCUT2D eigenvalue weighted by atomic mass is 10.4. The maximum atomic E-state index is 12.7. The molecule has 0 saturated heterocycles. The second-order valence-corrected chi connectivity index (χ2v) is 3.33. The molecule has 4 heteroatoms. The van der Waals surface area contributed by atoms with Crippen LogP contribution in [0.1, 0.15) is 5.69 Å². The van der Waals surface area contributed by atoms with Crippen LogP contribution in [0, 0.1) is 9.39 Å². The van der Waals surface area contributed by atoms with E-state index in [1.165, 1.54) is 12.3 Å². The van der Waals surface area contributed by atoms with Crippen LogP contribution >= 0.6 is 38.5 Å². The lowest BCUT2D eigenvalue weighted by molar-refractivity contribution is 0.615. The molecule has 0 aliphatic rings. The van der Waals surface area contributed by atoms with Crippen molar-refractivity contribution in [3.63, 3.8) is 0 Å². The van der Waals surface area contributed by atoms with E-state index in [9.17, 15) is 4.39 Å². The lowest BCUT2D eigenvalue weighted by Crippen LogP contribution is -1.92. The number of rotatable bonds is 1. The molecule has 1 aromatic heterocycles. The monoisotopic (exact) mass is 315 g/mol. The van der Waals surface area contributed by atoms with Gasteiger partial charge in [-0.3, -0.25) is 4.98 Å². The molecule has 0 amide bonds. The topological polar surface area (TPSA) is 12.9 Å². The summed E-state index contributed by atoms with van der Waals surface area (Å²) in [4.78, 5) is 3.96. The van der Waals surface area contributed by atoms with Crippen LogP contribution in [-0.4, -0.2) is 4.98 Å². The summed E-state index contributed by atoms with van der Waals surface area (Å²) in [6, 6.07) is 1.36. The van der Waals surface area contributed by atoms with Crippen LogP contribution in [0.25, 0.3) is 0 Å². The molecule has 0 aromatic carbocycles. The van der Waals surface area contributed by atoms with E-state index in [1.54, 1.807) is 0 Å². The molecule has 54 valence electrons. The molecule has 0 bridgehead atoms. The Hall–Kier alpha value is 0.290. The van der Waals surface area contributed by atoms with Crippen LogP contribution in [-0.2, 0) is 5.33 Å². The summed E-state index contributed by atoms with van der Waals surface area (Å²) >= 11 is 5.15. The van der Waals surface area contributed by atoms with Gasteiger partial charge in [0.15, 0.2) is 0 Å². The highest BCUT2D eigenvalue weighted by Crippen LogP contribution is 2.15. The van der Waals surface area contributed by atoms with Gasteiger partial charge in [-0.15, -0.1) is 0 Å². The number of hydrogen-bond acceptors (Lipinski definition) is 1. The molecule has 0 atom stereocenters. The molecule has 0 unspecified atom stereocenters. The van der Waals surface area contributed by atoms with Gasteiger partial charge in [-0.2, -0.15) is 0 Å². The fourth-order valence-corrected chi connectivity index (χ4v) is 2.01. The zero-order valence-electron chi connectivity index (χ0n) is 4.94. The maximum Gasteiger partial charge on any atom is 0.139 e. The van der Waals surface area contributed by atoms with Crippen molar-refractivity contribution in [2.45, 2.75) is 5.33 Å². The first kappa shape index (κ1) is 8.39. The average Bonchev–Trinajstić information content (AvgIpc) is 1.95. The third kappa shape index (κ3) is 1.66. The smallest absolute Gasteiger partial charge is 0.139 e. The summed E-state index contributed by atoms with van der Waals surface area (Å²) in [5.41, 5.74) is 0.751. The number of alkyl halides is 1. The summed E-state index contributed by atoms with van der Waals surface area (Å²) in [6.07, 6.45) is 1.47. The number of hydrogen-bond donors (Lipinski definition) is 0. The van der Waals surface area contributed by atoms with Gasteiger partial charge in [0.2, 0.25) is 0 Å². The summed E-state index contributed by atoms with van der Waals surface area (Å²) in [5, 5.41) is 0.600. The highest BCUT2D eigenvalue weighted by atomic mass is 127. The first-order chi connectivity index (χ1) is 4.75. The Kier molecular flexibility index (Phi) is 3.03. The molecule has 10 heavy (non-hydrogen) atoms. The van der Waals surface area contributed by atoms with E-state index in [0.717, 1.165) is 5.69 Å². The quantitative estimate of drug-likeness (QED) is 0.573. The Morgan fingerprint density at radius 3 is 2.90 bits per heavy atom. The van der Waals surface area contributed by atoms with Crippen molar-refractivity contribution < 1.29 is 4.39 Å². The highest BCUT2D eigenvalue weighted by Gasteiger charge is 2.03. The molecular formula is C6H4BrFIN. The third-order valence-corrected chi connectivity index (χ3v) is 2.71. The van der Waals surface area contributed by atoms with E-state index in [1.807, 2.05) is 22.6 Å². The van der Waals surface area contributed by atoms with E-state index in [2.05, 4.69) is 20.9 Å². The normalized spacial score (nSPS) is 9.90. The van der Waals surface area contributed by atoms with E-state index >= 15 is 0 Å². The predicted octanol–water partition coefficient (Wildman–Crippen LogP) is 2.72. The molecule has 0 aliphatic carbocycles. The standard InChI is InChI=1S/C6H4BrFIN/c7-3-5-6(9)4(8)1-2-10-5/h1-2H,3H2. The second kappa shape index (κ2) is 3.61. The van der Waals surface area contributed by atoms with Crippen molar-refractivity contribution in [3.8, 4) is 0 Å². The summed E-state index contributed by atoms with van der Waals surface area (Å²) in [6.45, 7) is 0. The van der Waals surface area contributed by atoms with Crippen LogP contribution in [0.3, 0.4) is 0 Å². The zero-order valence-corrected chi connectivity index (χ0v) is 8.69. The molecule has 0 aliphatic heterocycles. The number of pyridine rings is 1. The molecule has 0 N–H and O–H groups in total. The van der Waals surface area contributed by atoms with Crippen LogP contribution in [0.5, 0.6) is 0 Å². The van der Waals surface area contributed by atoms with Crippen molar-refractivity contribution in [3.05, 3.63) is 27.3 Å². The Labute approximate surface area is 80.3 Å². The van der Waals surface area contributed by atoms with Crippen LogP contribution < -0.4 is 0 Å². The maximum absolute atomic E-state index is 12.7. The Balaban J connectivity index is 3.14.